The van der Waals surface area contributed by atoms with E-state index in [2.05, 4.69) is 5.32 Å². The minimum Gasteiger partial charge on any atom is -0.348 e. The van der Waals surface area contributed by atoms with Gasteiger partial charge in [0.1, 0.15) is 0 Å². The van der Waals surface area contributed by atoms with Crippen LogP contribution in [0.1, 0.15) is 0 Å². The Labute approximate surface area is 126 Å². The molecule has 2 rings (SSSR count). The van der Waals surface area contributed by atoms with Gasteiger partial charge in [-0.05, 0) is 0 Å². The van der Waals surface area contributed by atoms with Crippen molar-refractivity contribution in [1.29, 1.82) is 0 Å². The molecule has 0 radical (unpaired) electrons. The van der Waals surface area contributed by atoms with Crippen molar-refractivity contribution in [3.63, 3.8) is 0 Å². The zero-order valence-electron chi connectivity index (χ0n) is 12.8. The molecule has 2 aliphatic heterocycles. The summed E-state index contributed by atoms with van der Waals surface area (Å²) in [5.74, 6) is 0.0495. The fraction of sp³-hybridized carbons (Fsp3) is 0.917. The molecule has 1 amide bonds. The number of carbonyl (C=O) groups excluding carboxylic acids is 1. The second-order valence-electron chi connectivity index (χ2n) is 5.62. The van der Waals surface area contributed by atoms with Crippen molar-refractivity contribution in [2.24, 2.45) is 0 Å². The van der Waals surface area contributed by atoms with Crippen molar-refractivity contribution in [3.8, 4) is 0 Å². The van der Waals surface area contributed by atoms with Crippen LogP contribution in [0.5, 0.6) is 0 Å². The summed E-state index contributed by atoms with van der Waals surface area (Å²) in [7, 11) is 0.111. The van der Waals surface area contributed by atoms with Crippen molar-refractivity contribution in [2.75, 3.05) is 73.0 Å². The fourth-order valence-corrected chi connectivity index (χ4v) is 4.08. The Morgan fingerprint density at radius 3 is 2.05 bits per heavy atom. The first-order valence-corrected chi connectivity index (χ1v) is 8.69. The van der Waals surface area contributed by atoms with Crippen molar-refractivity contribution in [1.82, 2.24) is 23.7 Å². The molecule has 21 heavy (non-hydrogen) atoms. The third kappa shape index (κ3) is 4.13. The summed E-state index contributed by atoms with van der Waals surface area (Å²) in [5, 5.41) is 3.15. The van der Waals surface area contributed by atoms with E-state index < -0.39 is 10.2 Å². The Balaban J connectivity index is 1.86. The number of amides is 1. The van der Waals surface area contributed by atoms with Crippen LogP contribution in [0, 0.1) is 0 Å². The Kier molecular flexibility index (Phi) is 5.55. The molecule has 122 valence electrons. The van der Waals surface area contributed by atoms with E-state index >= 15 is 0 Å². The highest BCUT2D eigenvalue weighted by atomic mass is 32.2. The highest BCUT2D eigenvalue weighted by Crippen LogP contribution is 2.13. The van der Waals surface area contributed by atoms with Crippen LogP contribution in [0.3, 0.4) is 0 Å². The van der Waals surface area contributed by atoms with Gasteiger partial charge in [0.05, 0.1) is 6.54 Å². The molecule has 0 aromatic heterocycles. The molecule has 2 fully saturated rings. The van der Waals surface area contributed by atoms with E-state index in [0.29, 0.717) is 58.9 Å². The van der Waals surface area contributed by atoms with E-state index in [1.54, 1.807) is 23.3 Å². The summed E-state index contributed by atoms with van der Waals surface area (Å²) >= 11 is 0. The predicted molar refractivity (Wildman–Crippen MR) is 80.1 cm³/mol. The lowest BCUT2D eigenvalue weighted by Gasteiger charge is -2.37. The molecule has 9 heteroatoms. The highest BCUT2D eigenvalue weighted by Gasteiger charge is 2.33. The van der Waals surface area contributed by atoms with Crippen LogP contribution in [0.15, 0.2) is 0 Å². The zero-order chi connectivity index (χ0) is 15.5. The number of rotatable bonds is 4. The maximum Gasteiger partial charge on any atom is 0.282 e. The molecule has 0 saturated carbocycles. The third-order valence-electron chi connectivity index (χ3n) is 3.92. The van der Waals surface area contributed by atoms with Gasteiger partial charge in [0.15, 0.2) is 0 Å². The minimum atomic E-state index is -3.35. The van der Waals surface area contributed by atoms with E-state index in [1.807, 2.05) is 4.90 Å². The van der Waals surface area contributed by atoms with Gasteiger partial charge in [-0.25, -0.2) is 0 Å². The van der Waals surface area contributed by atoms with Gasteiger partial charge < -0.3 is 10.2 Å². The maximum atomic E-state index is 12.5. The molecular weight excluding hydrogens is 294 g/mol. The van der Waals surface area contributed by atoms with Crippen LogP contribution >= 0.6 is 0 Å². The molecule has 0 spiro atoms. The number of nitrogens with one attached hydrogen (secondary N) is 1. The van der Waals surface area contributed by atoms with Gasteiger partial charge in [0.25, 0.3) is 10.2 Å². The summed E-state index contributed by atoms with van der Waals surface area (Å²) in [4.78, 5) is 15.2. The highest BCUT2D eigenvalue weighted by molar-refractivity contribution is 7.86. The fourth-order valence-electron chi connectivity index (χ4n) is 2.49. The van der Waals surface area contributed by atoms with Crippen molar-refractivity contribution in [2.45, 2.75) is 0 Å². The van der Waals surface area contributed by atoms with Crippen LogP contribution < -0.4 is 5.32 Å². The lowest BCUT2D eigenvalue weighted by Crippen LogP contribution is -2.57. The van der Waals surface area contributed by atoms with Crippen molar-refractivity contribution < 1.29 is 13.2 Å². The number of likely N-dealkylation sites (N-methyl/N-ethyl adjacent to an activating group) is 1. The van der Waals surface area contributed by atoms with Crippen molar-refractivity contribution >= 4 is 16.1 Å². The molecule has 0 atom stereocenters. The Morgan fingerprint density at radius 2 is 1.52 bits per heavy atom. The number of nitrogens with zero attached hydrogens (tertiary/aromatic N) is 4. The van der Waals surface area contributed by atoms with E-state index in [-0.39, 0.29) is 5.91 Å². The van der Waals surface area contributed by atoms with Crippen LogP contribution in [-0.2, 0) is 15.0 Å². The van der Waals surface area contributed by atoms with Gasteiger partial charge in [-0.15, -0.1) is 0 Å². The zero-order valence-corrected chi connectivity index (χ0v) is 13.6. The molecular formula is C12H25N5O3S. The molecule has 2 saturated heterocycles. The smallest absolute Gasteiger partial charge is 0.282 e. The minimum absolute atomic E-state index is 0.0495. The summed E-state index contributed by atoms with van der Waals surface area (Å²) in [6.07, 6.45) is 0. The van der Waals surface area contributed by atoms with Gasteiger partial charge in [-0.2, -0.15) is 17.0 Å². The molecule has 0 aromatic rings. The van der Waals surface area contributed by atoms with Crippen LogP contribution in [-0.4, -0.2) is 106 Å². The van der Waals surface area contributed by atoms with E-state index in [1.165, 1.54) is 4.31 Å². The maximum absolute atomic E-state index is 12.5. The normalized spacial score (nSPS) is 23.1. The summed E-state index contributed by atoms with van der Waals surface area (Å²) < 4.78 is 28.1. The summed E-state index contributed by atoms with van der Waals surface area (Å²) in [6.45, 7) is 4.93. The van der Waals surface area contributed by atoms with Crippen LogP contribution in [0.2, 0.25) is 0 Å². The topological polar surface area (TPSA) is 76.2 Å². The molecule has 2 aliphatic rings. The van der Waals surface area contributed by atoms with Gasteiger partial charge in [-0.3, -0.25) is 9.69 Å². The molecule has 8 nitrogen and oxygen atoms in total. The first-order valence-electron chi connectivity index (χ1n) is 7.29. The lowest BCUT2D eigenvalue weighted by molar-refractivity contribution is -0.130. The van der Waals surface area contributed by atoms with Crippen LogP contribution in [0.25, 0.3) is 0 Å². The average molecular weight is 319 g/mol. The van der Waals surface area contributed by atoms with E-state index in [4.69, 9.17) is 0 Å². The van der Waals surface area contributed by atoms with Gasteiger partial charge in [-0.1, -0.05) is 0 Å². The third-order valence-corrected chi connectivity index (χ3v) is 5.95. The summed E-state index contributed by atoms with van der Waals surface area (Å²) in [6, 6.07) is 0. The van der Waals surface area contributed by atoms with Gasteiger partial charge in [0, 0.05) is 66.5 Å². The largest absolute Gasteiger partial charge is 0.348 e. The standard InChI is InChI=1S/C12H25N5O3S/c1-14(2)12(18)11-15-7-9-17(10-8-15)21(19,20)16-5-3-13-4-6-16/h13H,3-11H2,1-2H3. The molecule has 0 unspecified atom stereocenters. The van der Waals surface area contributed by atoms with Gasteiger partial charge in [0.2, 0.25) is 5.91 Å². The number of piperazine rings is 2. The monoisotopic (exact) mass is 319 g/mol. The summed E-state index contributed by atoms with van der Waals surface area (Å²) in [5.41, 5.74) is 0. The Bertz CT molecular complexity index is 454. The van der Waals surface area contributed by atoms with E-state index in [0.717, 1.165) is 0 Å². The second kappa shape index (κ2) is 7.01. The number of carbonyl (C=O) groups is 1. The predicted octanol–water partition coefficient (Wildman–Crippen LogP) is -2.16. The molecule has 0 bridgehead atoms. The molecule has 0 aliphatic carbocycles. The molecule has 2 heterocycles. The lowest BCUT2D eigenvalue weighted by atomic mass is 10.3. The van der Waals surface area contributed by atoms with Crippen molar-refractivity contribution in [3.05, 3.63) is 0 Å². The first kappa shape index (κ1) is 16.6. The quantitative estimate of drug-likeness (QED) is 0.639. The Hall–Kier alpha value is -0.740. The van der Waals surface area contributed by atoms with Crippen LogP contribution in [0.4, 0.5) is 0 Å². The number of hydrogen-bond acceptors (Lipinski definition) is 5. The molecule has 1 N–H and O–H groups in total. The molecule has 0 aromatic carbocycles. The number of hydrogen-bond donors (Lipinski definition) is 1. The van der Waals surface area contributed by atoms with Gasteiger partial charge >= 0.3 is 0 Å². The average Bonchev–Trinajstić information content (AvgIpc) is 2.48. The Morgan fingerprint density at radius 1 is 1.00 bits per heavy atom. The SMILES string of the molecule is CN(C)C(=O)CN1CCN(S(=O)(=O)N2CCNCC2)CC1. The van der Waals surface area contributed by atoms with E-state index in [9.17, 15) is 13.2 Å². The first-order chi connectivity index (χ1) is 9.91. The second-order valence-corrected chi connectivity index (χ2v) is 7.55.